The highest BCUT2D eigenvalue weighted by molar-refractivity contribution is 7.89. The fourth-order valence-electron chi connectivity index (χ4n) is 2.18. The number of hydrogen-bond donors (Lipinski definition) is 0. The Balaban J connectivity index is 2.49. The number of benzene rings is 1. The lowest BCUT2D eigenvalue weighted by atomic mass is 10.1. The first kappa shape index (κ1) is 18.4. The summed E-state index contributed by atoms with van der Waals surface area (Å²) in [6.45, 7) is 1.76. The average Bonchev–Trinajstić information content (AvgIpc) is 2.60. The number of carbonyl (C=O) groups excluding carboxylic acids is 1. The van der Waals surface area contributed by atoms with Crippen LogP contribution in [0.4, 0.5) is 0 Å². The molecule has 0 bridgehead atoms. The summed E-state index contributed by atoms with van der Waals surface area (Å²) in [5.74, 6) is -0.864. The molecule has 0 fully saturated rings. The maximum atomic E-state index is 12.9. The fourth-order valence-corrected chi connectivity index (χ4v) is 3.79. The molecule has 128 valence electrons. The van der Waals surface area contributed by atoms with Crippen LogP contribution in [0.3, 0.4) is 0 Å². The van der Waals surface area contributed by atoms with Gasteiger partial charge >= 0.3 is 5.97 Å². The number of pyridine rings is 1. The Morgan fingerprint density at radius 2 is 1.83 bits per heavy atom. The van der Waals surface area contributed by atoms with Crippen molar-refractivity contribution in [3.8, 4) is 0 Å². The van der Waals surface area contributed by atoms with Crippen molar-refractivity contribution < 1.29 is 17.9 Å². The van der Waals surface area contributed by atoms with Gasteiger partial charge in [0.25, 0.3) is 0 Å². The number of sulfonamides is 1. The van der Waals surface area contributed by atoms with E-state index in [1.165, 1.54) is 23.5 Å². The minimum Gasteiger partial charge on any atom is -0.464 e. The zero-order valence-corrected chi connectivity index (χ0v) is 15.0. The van der Waals surface area contributed by atoms with Gasteiger partial charge in [0.1, 0.15) is 10.0 Å². The van der Waals surface area contributed by atoms with Crippen LogP contribution in [0.15, 0.2) is 47.4 Å². The molecule has 2 aromatic rings. The molecule has 0 saturated carbocycles. The van der Waals surface area contributed by atoms with Crippen molar-refractivity contribution in [2.75, 3.05) is 14.2 Å². The van der Waals surface area contributed by atoms with E-state index in [9.17, 15) is 13.2 Å². The Labute approximate surface area is 146 Å². The average molecular weight is 369 g/mol. The van der Waals surface area contributed by atoms with E-state index >= 15 is 0 Å². The van der Waals surface area contributed by atoms with Crippen molar-refractivity contribution in [1.82, 2.24) is 9.29 Å². The second-order valence-corrected chi connectivity index (χ2v) is 7.43. The highest BCUT2D eigenvalue weighted by atomic mass is 35.5. The first-order chi connectivity index (χ1) is 11.3. The lowest BCUT2D eigenvalue weighted by molar-refractivity contribution is 0.0589. The Bertz CT molecular complexity index is 840. The summed E-state index contributed by atoms with van der Waals surface area (Å²) in [4.78, 5) is 15.4. The smallest absolute Gasteiger partial charge is 0.358 e. The van der Waals surface area contributed by atoms with Gasteiger partial charge in [-0.3, -0.25) is 0 Å². The number of ether oxygens (including phenoxy) is 1. The first-order valence-corrected chi connectivity index (χ1v) is 8.88. The monoisotopic (exact) mass is 368 g/mol. The molecule has 0 saturated heterocycles. The van der Waals surface area contributed by atoms with Gasteiger partial charge in [-0.15, -0.1) is 0 Å². The number of nitrogens with zero attached hydrogens (tertiary/aromatic N) is 2. The molecule has 1 aromatic heterocycles. The SMILES string of the molecule is COC(=O)c1nc(Cl)ccc1S(=O)(=O)N(C)C(C)c1ccccc1. The highest BCUT2D eigenvalue weighted by Crippen LogP contribution is 2.28. The van der Waals surface area contributed by atoms with E-state index < -0.39 is 22.0 Å². The lowest BCUT2D eigenvalue weighted by Gasteiger charge is -2.25. The predicted octanol–water partition coefficient (Wildman–Crippen LogP) is 2.90. The first-order valence-electron chi connectivity index (χ1n) is 7.07. The number of aromatic nitrogens is 1. The summed E-state index contributed by atoms with van der Waals surface area (Å²) in [6, 6.07) is 11.3. The molecule has 0 amide bonds. The molecule has 2 rings (SSSR count). The molecule has 1 aromatic carbocycles. The third-order valence-electron chi connectivity index (χ3n) is 3.69. The fraction of sp³-hybridized carbons (Fsp3) is 0.250. The molecule has 1 atom stereocenters. The van der Waals surface area contributed by atoms with E-state index in [2.05, 4.69) is 9.72 Å². The molecule has 0 aliphatic heterocycles. The Kier molecular flexibility index (Phi) is 5.58. The normalized spacial score (nSPS) is 12.9. The molecule has 1 heterocycles. The second-order valence-electron chi connectivity index (χ2n) is 5.08. The van der Waals surface area contributed by atoms with E-state index in [0.717, 1.165) is 12.7 Å². The largest absolute Gasteiger partial charge is 0.464 e. The quantitative estimate of drug-likeness (QED) is 0.599. The van der Waals surface area contributed by atoms with Crippen molar-refractivity contribution in [3.63, 3.8) is 0 Å². The van der Waals surface area contributed by atoms with Crippen LogP contribution in [0.1, 0.15) is 29.0 Å². The highest BCUT2D eigenvalue weighted by Gasteiger charge is 2.31. The summed E-state index contributed by atoms with van der Waals surface area (Å²) in [7, 11) is -1.38. The van der Waals surface area contributed by atoms with Crippen molar-refractivity contribution in [2.45, 2.75) is 17.9 Å². The van der Waals surface area contributed by atoms with Crippen LogP contribution < -0.4 is 0 Å². The molecule has 1 unspecified atom stereocenters. The van der Waals surface area contributed by atoms with Crippen LogP contribution >= 0.6 is 11.6 Å². The summed E-state index contributed by atoms with van der Waals surface area (Å²) in [5, 5.41) is 0.00751. The van der Waals surface area contributed by atoms with E-state index in [0.29, 0.717) is 0 Å². The number of halogens is 1. The number of esters is 1. The molecular formula is C16H17ClN2O4S. The van der Waals surface area contributed by atoms with E-state index in [4.69, 9.17) is 11.6 Å². The van der Waals surface area contributed by atoms with Gasteiger partial charge in [-0.25, -0.2) is 18.2 Å². The van der Waals surface area contributed by atoms with Crippen molar-refractivity contribution in [2.24, 2.45) is 0 Å². The Hall–Kier alpha value is -1.96. The zero-order chi connectivity index (χ0) is 17.9. The van der Waals surface area contributed by atoms with Gasteiger partial charge in [0.05, 0.1) is 7.11 Å². The minimum absolute atomic E-state index is 0.00751. The summed E-state index contributed by atoms with van der Waals surface area (Å²) >= 11 is 5.78. The van der Waals surface area contributed by atoms with E-state index in [1.807, 2.05) is 30.3 Å². The summed E-state index contributed by atoms with van der Waals surface area (Å²) in [5.41, 5.74) is 0.488. The Morgan fingerprint density at radius 1 is 1.21 bits per heavy atom. The molecule has 0 N–H and O–H groups in total. The molecule has 24 heavy (non-hydrogen) atoms. The molecule has 0 aliphatic carbocycles. The standard InChI is InChI=1S/C16H17ClN2O4S/c1-11(12-7-5-4-6-8-12)19(2)24(21,22)13-9-10-14(17)18-15(13)16(20)23-3/h4-11H,1-3H3. The van der Waals surface area contributed by atoms with Crippen LogP contribution in [-0.4, -0.2) is 37.8 Å². The maximum Gasteiger partial charge on any atom is 0.358 e. The van der Waals surface area contributed by atoms with Crippen molar-refractivity contribution in [3.05, 3.63) is 58.9 Å². The van der Waals surface area contributed by atoms with Gasteiger partial charge < -0.3 is 4.74 Å². The topological polar surface area (TPSA) is 76.6 Å². The molecule has 6 nitrogen and oxygen atoms in total. The van der Waals surface area contributed by atoms with Gasteiger partial charge in [0.15, 0.2) is 5.69 Å². The van der Waals surface area contributed by atoms with Crippen molar-refractivity contribution in [1.29, 1.82) is 0 Å². The summed E-state index contributed by atoms with van der Waals surface area (Å²) < 4.78 is 31.7. The second kappa shape index (κ2) is 7.29. The Morgan fingerprint density at radius 3 is 2.42 bits per heavy atom. The van der Waals surface area contributed by atoms with Crippen LogP contribution in [-0.2, 0) is 14.8 Å². The maximum absolute atomic E-state index is 12.9. The van der Waals surface area contributed by atoms with Gasteiger partial charge in [-0.1, -0.05) is 41.9 Å². The molecule has 8 heteroatoms. The minimum atomic E-state index is -3.98. The van der Waals surface area contributed by atoms with Gasteiger partial charge in [-0.05, 0) is 24.6 Å². The molecule has 0 aliphatic rings. The van der Waals surface area contributed by atoms with Crippen molar-refractivity contribution >= 4 is 27.6 Å². The molecule has 0 spiro atoms. The predicted molar refractivity (Wildman–Crippen MR) is 90.4 cm³/mol. The number of rotatable bonds is 5. The summed E-state index contributed by atoms with van der Waals surface area (Å²) in [6.07, 6.45) is 0. The third-order valence-corrected chi connectivity index (χ3v) is 5.86. The van der Waals surface area contributed by atoms with Gasteiger partial charge in [-0.2, -0.15) is 4.31 Å². The van der Waals surface area contributed by atoms with E-state index in [1.54, 1.807) is 6.92 Å². The van der Waals surface area contributed by atoms with Crippen LogP contribution in [0, 0.1) is 0 Å². The van der Waals surface area contributed by atoms with Crippen LogP contribution in [0.5, 0.6) is 0 Å². The number of methoxy groups -OCH3 is 1. The van der Waals surface area contributed by atoms with Crippen LogP contribution in [0.25, 0.3) is 0 Å². The lowest BCUT2D eigenvalue weighted by Crippen LogP contribution is -2.31. The third kappa shape index (κ3) is 3.58. The number of carbonyl (C=O) groups is 1. The van der Waals surface area contributed by atoms with Gasteiger partial charge in [0.2, 0.25) is 10.0 Å². The van der Waals surface area contributed by atoms with Gasteiger partial charge in [0, 0.05) is 13.1 Å². The number of hydrogen-bond acceptors (Lipinski definition) is 5. The van der Waals surface area contributed by atoms with Crippen LogP contribution in [0.2, 0.25) is 5.15 Å². The molecule has 0 radical (unpaired) electrons. The zero-order valence-electron chi connectivity index (χ0n) is 13.4. The molecular weight excluding hydrogens is 352 g/mol. The van der Waals surface area contributed by atoms with E-state index in [-0.39, 0.29) is 15.7 Å².